The van der Waals surface area contributed by atoms with E-state index >= 15 is 0 Å². The molecule has 0 saturated carbocycles. The molecule has 0 aliphatic heterocycles. The number of rotatable bonds is 3. The summed E-state index contributed by atoms with van der Waals surface area (Å²) in [6.07, 6.45) is 4.57. The Morgan fingerprint density at radius 3 is 2.14 bits per heavy atom. The van der Waals surface area contributed by atoms with Gasteiger partial charge < -0.3 is 0 Å². The summed E-state index contributed by atoms with van der Waals surface area (Å²) in [6, 6.07) is 10.6. The second-order valence-electron chi connectivity index (χ2n) is 4.69. The fourth-order valence-corrected chi connectivity index (χ4v) is 1.40. The van der Waals surface area contributed by atoms with Crippen LogP contribution in [0.4, 0.5) is 0 Å². The maximum absolute atomic E-state index is 2.30. The van der Waals surface area contributed by atoms with Crippen LogP contribution in [-0.2, 0) is 5.41 Å². The highest BCUT2D eigenvalue weighted by molar-refractivity contribution is 5.28. The molecule has 0 fully saturated rings. The number of hydrogen-bond acceptors (Lipinski definition) is 0. The van der Waals surface area contributed by atoms with Crippen LogP contribution in [0.25, 0.3) is 0 Å². The fraction of sp³-hybridized carbons (Fsp3) is 0.429. The first-order valence-electron chi connectivity index (χ1n) is 5.27. The number of hydrogen-bond donors (Lipinski definition) is 0. The second kappa shape index (κ2) is 4.45. The van der Waals surface area contributed by atoms with E-state index in [0.717, 1.165) is 0 Å². The van der Waals surface area contributed by atoms with Crippen LogP contribution in [0, 0.1) is 5.92 Å². The molecule has 0 aliphatic rings. The van der Waals surface area contributed by atoms with E-state index in [0.29, 0.717) is 5.92 Å². The summed E-state index contributed by atoms with van der Waals surface area (Å²) in [5, 5.41) is 0. The highest BCUT2D eigenvalue weighted by Crippen LogP contribution is 2.24. The zero-order chi connectivity index (χ0) is 10.6. The second-order valence-corrected chi connectivity index (χ2v) is 4.69. The van der Waals surface area contributed by atoms with Crippen molar-refractivity contribution in [2.45, 2.75) is 33.1 Å². The highest BCUT2D eigenvalue weighted by Gasteiger charge is 2.15. The zero-order valence-corrected chi connectivity index (χ0v) is 9.62. The SMILES string of the molecule is CC(C)/C=C/C(C)(C)c1ccccc1. The average molecular weight is 188 g/mol. The van der Waals surface area contributed by atoms with E-state index in [2.05, 4.69) is 70.2 Å². The maximum atomic E-state index is 2.30. The van der Waals surface area contributed by atoms with Gasteiger partial charge in [0.2, 0.25) is 0 Å². The van der Waals surface area contributed by atoms with Gasteiger partial charge >= 0.3 is 0 Å². The van der Waals surface area contributed by atoms with Crippen LogP contribution in [0.5, 0.6) is 0 Å². The molecule has 0 spiro atoms. The first-order valence-corrected chi connectivity index (χ1v) is 5.27. The lowest BCUT2D eigenvalue weighted by atomic mass is 9.84. The van der Waals surface area contributed by atoms with Crippen LogP contribution in [0.15, 0.2) is 42.5 Å². The molecule has 0 aliphatic carbocycles. The summed E-state index contributed by atoms with van der Waals surface area (Å²) in [4.78, 5) is 0. The van der Waals surface area contributed by atoms with Gasteiger partial charge in [0.15, 0.2) is 0 Å². The van der Waals surface area contributed by atoms with E-state index in [9.17, 15) is 0 Å². The molecule has 0 nitrogen and oxygen atoms in total. The van der Waals surface area contributed by atoms with Crippen LogP contribution in [-0.4, -0.2) is 0 Å². The lowest BCUT2D eigenvalue weighted by Gasteiger charge is -2.21. The summed E-state index contributed by atoms with van der Waals surface area (Å²) < 4.78 is 0. The fourth-order valence-electron chi connectivity index (χ4n) is 1.40. The van der Waals surface area contributed by atoms with E-state index in [1.165, 1.54) is 5.56 Å². The van der Waals surface area contributed by atoms with Crippen molar-refractivity contribution in [1.29, 1.82) is 0 Å². The Balaban J connectivity index is 2.86. The van der Waals surface area contributed by atoms with Crippen molar-refractivity contribution < 1.29 is 0 Å². The maximum Gasteiger partial charge on any atom is 0.00754 e. The van der Waals surface area contributed by atoms with E-state index in [4.69, 9.17) is 0 Å². The molecule has 0 aromatic heterocycles. The van der Waals surface area contributed by atoms with E-state index in [1.807, 2.05) is 0 Å². The van der Waals surface area contributed by atoms with Gasteiger partial charge in [-0.3, -0.25) is 0 Å². The summed E-state index contributed by atoms with van der Waals surface area (Å²) in [5.74, 6) is 0.623. The van der Waals surface area contributed by atoms with Crippen LogP contribution in [0.1, 0.15) is 33.3 Å². The van der Waals surface area contributed by atoms with Gasteiger partial charge in [0.05, 0.1) is 0 Å². The zero-order valence-electron chi connectivity index (χ0n) is 9.62. The Morgan fingerprint density at radius 1 is 1.07 bits per heavy atom. The molecule has 0 unspecified atom stereocenters. The largest absolute Gasteiger partial charge is 0.0851 e. The van der Waals surface area contributed by atoms with Crippen molar-refractivity contribution in [2.24, 2.45) is 5.92 Å². The van der Waals surface area contributed by atoms with Crippen LogP contribution >= 0.6 is 0 Å². The van der Waals surface area contributed by atoms with Gasteiger partial charge in [-0.1, -0.05) is 70.2 Å². The van der Waals surface area contributed by atoms with Gasteiger partial charge in [-0.05, 0) is 11.5 Å². The molecule has 0 atom stereocenters. The molecule has 0 bridgehead atoms. The Morgan fingerprint density at radius 2 is 1.64 bits per heavy atom. The normalized spacial score (nSPS) is 12.6. The molecule has 0 amide bonds. The van der Waals surface area contributed by atoms with Crippen LogP contribution < -0.4 is 0 Å². The molecule has 0 saturated heterocycles. The van der Waals surface area contributed by atoms with Crippen molar-refractivity contribution in [2.75, 3.05) is 0 Å². The smallest absolute Gasteiger partial charge is 0.00754 e. The standard InChI is InChI=1S/C14H20/c1-12(2)10-11-14(3,4)13-8-6-5-7-9-13/h5-12H,1-4H3/b11-10+. The van der Waals surface area contributed by atoms with Crippen LogP contribution in [0.2, 0.25) is 0 Å². The molecule has 1 rings (SSSR count). The lowest BCUT2D eigenvalue weighted by molar-refractivity contribution is 0.658. The van der Waals surface area contributed by atoms with Gasteiger partial charge in [-0.15, -0.1) is 0 Å². The molecule has 1 aromatic carbocycles. The number of allylic oxidation sites excluding steroid dienone is 2. The third-order valence-electron chi connectivity index (χ3n) is 2.42. The Labute approximate surface area is 87.7 Å². The van der Waals surface area contributed by atoms with Gasteiger partial charge in [-0.2, -0.15) is 0 Å². The van der Waals surface area contributed by atoms with Crippen molar-refractivity contribution in [3.8, 4) is 0 Å². The average Bonchev–Trinajstić information content (AvgIpc) is 2.16. The minimum absolute atomic E-state index is 0.144. The van der Waals surface area contributed by atoms with E-state index < -0.39 is 0 Å². The highest BCUT2D eigenvalue weighted by atomic mass is 14.2. The van der Waals surface area contributed by atoms with Gasteiger partial charge in [0.1, 0.15) is 0 Å². The minimum atomic E-state index is 0.144. The first-order chi connectivity index (χ1) is 6.52. The summed E-state index contributed by atoms with van der Waals surface area (Å²) >= 11 is 0. The van der Waals surface area contributed by atoms with Crippen molar-refractivity contribution >= 4 is 0 Å². The Bertz CT molecular complexity index is 291. The third-order valence-corrected chi connectivity index (χ3v) is 2.42. The monoisotopic (exact) mass is 188 g/mol. The van der Waals surface area contributed by atoms with Crippen molar-refractivity contribution in [1.82, 2.24) is 0 Å². The molecular weight excluding hydrogens is 168 g/mol. The molecule has 0 radical (unpaired) electrons. The predicted octanol–water partition coefficient (Wildman–Crippen LogP) is 4.18. The molecule has 0 heteroatoms. The molecule has 14 heavy (non-hydrogen) atoms. The summed E-state index contributed by atoms with van der Waals surface area (Å²) in [7, 11) is 0. The number of benzene rings is 1. The van der Waals surface area contributed by atoms with Gasteiger partial charge in [0, 0.05) is 5.41 Å². The molecule has 0 N–H and O–H groups in total. The van der Waals surface area contributed by atoms with Crippen molar-refractivity contribution in [3.05, 3.63) is 48.0 Å². The molecule has 0 heterocycles. The molecule has 76 valence electrons. The molecule has 1 aromatic rings. The van der Waals surface area contributed by atoms with E-state index in [1.54, 1.807) is 0 Å². The first kappa shape index (κ1) is 11.0. The summed E-state index contributed by atoms with van der Waals surface area (Å²) in [6.45, 7) is 8.91. The van der Waals surface area contributed by atoms with Crippen molar-refractivity contribution in [3.63, 3.8) is 0 Å². The summed E-state index contributed by atoms with van der Waals surface area (Å²) in [5.41, 5.74) is 1.52. The quantitative estimate of drug-likeness (QED) is 0.624. The minimum Gasteiger partial charge on any atom is -0.0851 e. The van der Waals surface area contributed by atoms with Gasteiger partial charge in [0.25, 0.3) is 0 Å². The Kier molecular flexibility index (Phi) is 3.51. The lowest BCUT2D eigenvalue weighted by Crippen LogP contribution is -2.13. The predicted molar refractivity (Wildman–Crippen MR) is 63.4 cm³/mol. The van der Waals surface area contributed by atoms with Gasteiger partial charge in [-0.25, -0.2) is 0 Å². The molecular formula is C14H20. The van der Waals surface area contributed by atoms with Crippen LogP contribution in [0.3, 0.4) is 0 Å². The Hall–Kier alpha value is -1.04. The van der Waals surface area contributed by atoms with E-state index in [-0.39, 0.29) is 5.41 Å². The third kappa shape index (κ3) is 3.02. The topological polar surface area (TPSA) is 0 Å².